The number of rotatable bonds is 10. The highest BCUT2D eigenvalue weighted by Gasteiger charge is 2.18. The van der Waals surface area contributed by atoms with E-state index in [4.69, 9.17) is 5.73 Å². The fourth-order valence-corrected chi connectivity index (χ4v) is 4.67. The van der Waals surface area contributed by atoms with Gasteiger partial charge in [-0.1, -0.05) is 39.0 Å². The van der Waals surface area contributed by atoms with Gasteiger partial charge in [-0.2, -0.15) is 0 Å². The first-order chi connectivity index (χ1) is 9.51. The minimum atomic E-state index is -3.37. The van der Waals surface area contributed by atoms with Crippen LogP contribution in [0, 0.1) is 6.92 Å². The highest BCUT2D eigenvalue weighted by molar-refractivity contribution is 7.89. The summed E-state index contributed by atoms with van der Waals surface area (Å²) in [6, 6.07) is 1.68. The standard InChI is InChI=1S/C14H26N2O2S2/c1-3-4-5-6-7-8-9-16-20(17,18)14-10-13(11-15)19-12(14)2/h10,16H,3-9,11,15H2,1-2H3. The summed E-state index contributed by atoms with van der Waals surface area (Å²) in [5.41, 5.74) is 5.55. The molecule has 0 amide bonds. The van der Waals surface area contributed by atoms with Gasteiger partial charge in [-0.25, -0.2) is 13.1 Å². The minimum Gasteiger partial charge on any atom is -0.326 e. The second-order valence-electron chi connectivity index (χ2n) is 5.00. The summed E-state index contributed by atoms with van der Waals surface area (Å²) < 4.78 is 27.0. The number of thiophene rings is 1. The molecule has 0 saturated carbocycles. The van der Waals surface area contributed by atoms with Gasteiger partial charge in [0.05, 0.1) is 4.90 Å². The summed E-state index contributed by atoms with van der Waals surface area (Å²) in [6.07, 6.45) is 6.90. The van der Waals surface area contributed by atoms with Crippen LogP contribution in [-0.4, -0.2) is 15.0 Å². The van der Waals surface area contributed by atoms with Crippen molar-refractivity contribution in [3.05, 3.63) is 15.8 Å². The minimum absolute atomic E-state index is 0.383. The molecule has 0 aliphatic carbocycles. The van der Waals surface area contributed by atoms with E-state index in [9.17, 15) is 8.42 Å². The van der Waals surface area contributed by atoms with Gasteiger partial charge in [0.15, 0.2) is 0 Å². The van der Waals surface area contributed by atoms with E-state index in [1.54, 1.807) is 6.07 Å². The van der Waals surface area contributed by atoms with E-state index >= 15 is 0 Å². The number of unbranched alkanes of at least 4 members (excludes halogenated alkanes) is 5. The molecule has 0 saturated heterocycles. The van der Waals surface area contributed by atoms with E-state index in [2.05, 4.69) is 11.6 Å². The number of nitrogens with one attached hydrogen (secondary N) is 1. The largest absolute Gasteiger partial charge is 0.326 e. The first kappa shape index (κ1) is 17.6. The van der Waals surface area contributed by atoms with Gasteiger partial charge in [-0.15, -0.1) is 11.3 Å². The molecule has 0 bridgehead atoms. The highest BCUT2D eigenvalue weighted by atomic mass is 32.2. The van der Waals surface area contributed by atoms with Crippen molar-refractivity contribution in [2.75, 3.05) is 6.54 Å². The molecule has 0 fully saturated rings. The van der Waals surface area contributed by atoms with Crippen LogP contribution < -0.4 is 10.5 Å². The first-order valence-corrected chi connectivity index (χ1v) is 9.60. The lowest BCUT2D eigenvalue weighted by Crippen LogP contribution is -2.24. The Morgan fingerprint density at radius 1 is 1.20 bits per heavy atom. The third-order valence-electron chi connectivity index (χ3n) is 3.24. The molecule has 0 radical (unpaired) electrons. The molecule has 0 spiro atoms. The average molecular weight is 319 g/mol. The zero-order valence-corrected chi connectivity index (χ0v) is 14.1. The fourth-order valence-electron chi connectivity index (χ4n) is 2.08. The Morgan fingerprint density at radius 2 is 1.85 bits per heavy atom. The van der Waals surface area contributed by atoms with Crippen molar-refractivity contribution in [1.29, 1.82) is 0 Å². The molecule has 20 heavy (non-hydrogen) atoms. The third kappa shape index (κ3) is 5.52. The summed E-state index contributed by atoms with van der Waals surface area (Å²) in [4.78, 5) is 2.09. The Morgan fingerprint density at radius 3 is 2.45 bits per heavy atom. The predicted octanol–water partition coefficient (Wildman–Crippen LogP) is 3.15. The van der Waals surface area contributed by atoms with Gasteiger partial charge in [0.25, 0.3) is 0 Å². The lowest BCUT2D eigenvalue weighted by atomic mass is 10.1. The molecule has 1 rings (SSSR count). The summed E-state index contributed by atoms with van der Waals surface area (Å²) in [6.45, 7) is 4.91. The molecule has 1 aromatic heterocycles. The van der Waals surface area contributed by atoms with Crippen LogP contribution in [0.2, 0.25) is 0 Å². The van der Waals surface area contributed by atoms with Crippen LogP contribution in [-0.2, 0) is 16.6 Å². The first-order valence-electron chi connectivity index (χ1n) is 7.30. The van der Waals surface area contributed by atoms with Gasteiger partial charge in [-0.05, 0) is 19.4 Å². The van der Waals surface area contributed by atoms with Crippen molar-refractivity contribution in [2.45, 2.75) is 63.8 Å². The van der Waals surface area contributed by atoms with Crippen molar-refractivity contribution in [1.82, 2.24) is 4.72 Å². The highest BCUT2D eigenvalue weighted by Crippen LogP contribution is 2.25. The lowest BCUT2D eigenvalue weighted by Gasteiger charge is -2.06. The molecule has 0 atom stereocenters. The van der Waals surface area contributed by atoms with Crippen molar-refractivity contribution in [3.63, 3.8) is 0 Å². The van der Waals surface area contributed by atoms with Crippen LogP contribution >= 0.6 is 11.3 Å². The summed E-state index contributed by atoms with van der Waals surface area (Å²) >= 11 is 1.45. The van der Waals surface area contributed by atoms with Crippen LogP contribution in [0.25, 0.3) is 0 Å². The third-order valence-corrected chi connectivity index (χ3v) is 6.03. The Kier molecular flexibility index (Phi) is 7.72. The zero-order chi connectivity index (χ0) is 15.0. The van der Waals surface area contributed by atoms with Crippen LogP contribution in [0.5, 0.6) is 0 Å². The summed E-state index contributed by atoms with van der Waals surface area (Å²) in [5.74, 6) is 0. The van der Waals surface area contributed by atoms with Crippen molar-refractivity contribution in [2.24, 2.45) is 5.73 Å². The van der Waals surface area contributed by atoms with Crippen molar-refractivity contribution >= 4 is 21.4 Å². The van der Waals surface area contributed by atoms with Gasteiger partial charge in [-0.3, -0.25) is 0 Å². The smallest absolute Gasteiger partial charge is 0.241 e. The van der Waals surface area contributed by atoms with E-state index in [1.165, 1.54) is 37.0 Å². The predicted molar refractivity (Wildman–Crippen MR) is 85.5 cm³/mol. The van der Waals surface area contributed by atoms with Crippen LogP contribution in [0.4, 0.5) is 0 Å². The molecule has 0 aliphatic heterocycles. The van der Waals surface area contributed by atoms with Crippen LogP contribution in [0.1, 0.15) is 55.2 Å². The molecule has 3 N–H and O–H groups in total. The lowest BCUT2D eigenvalue weighted by molar-refractivity contribution is 0.567. The van der Waals surface area contributed by atoms with Gasteiger partial charge in [0.2, 0.25) is 10.0 Å². The number of sulfonamides is 1. The Bertz CT molecular complexity index is 495. The number of aryl methyl sites for hydroxylation is 1. The topological polar surface area (TPSA) is 72.2 Å². The quantitative estimate of drug-likeness (QED) is 0.651. The molecule has 116 valence electrons. The van der Waals surface area contributed by atoms with E-state index in [1.807, 2.05) is 6.92 Å². The molecule has 1 aromatic rings. The van der Waals surface area contributed by atoms with E-state index in [0.717, 1.165) is 22.6 Å². The molecule has 0 unspecified atom stereocenters. The van der Waals surface area contributed by atoms with Gasteiger partial charge < -0.3 is 5.73 Å². The SMILES string of the molecule is CCCCCCCCNS(=O)(=O)c1cc(CN)sc1C. The van der Waals surface area contributed by atoms with Gasteiger partial charge >= 0.3 is 0 Å². The van der Waals surface area contributed by atoms with Crippen LogP contribution in [0.3, 0.4) is 0 Å². The molecular formula is C14H26N2O2S2. The van der Waals surface area contributed by atoms with Crippen molar-refractivity contribution in [3.8, 4) is 0 Å². The number of hydrogen-bond donors (Lipinski definition) is 2. The summed E-state index contributed by atoms with van der Waals surface area (Å²) in [5, 5.41) is 0. The Balaban J connectivity index is 2.40. The fraction of sp³-hybridized carbons (Fsp3) is 0.714. The monoisotopic (exact) mass is 318 g/mol. The molecule has 0 aliphatic rings. The maximum absolute atomic E-state index is 12.2. The van der Waals surface area contributed by atoms with Crippen LogP contribution in [0.15, 0.2) is 11.0 Å². The van der Waals surface area contributed by atoms with Gasteiger partial charge in [0.1, 0.15) is 0 Å². The van der Waals surface area contributed by atoms with Crippen molar-refractivity contribution < 1.29 is 8.42 Å². The normalized spacial score (nSPS) is 11.9. The van der Waals surface area contributed by atoms with Gasteiger partial charge in [0, 0.05) is 22.8 Å². The second kappa shape index (κ2) is 8.77. The molecule has 4 nitrogen and oxygen atoms in total. The van der Waals surface area contributed by atoms with E-state index < -0.39 is 10.0 Å². The zero-order valence-electron chi connectivity index (χ0n) is 12.4. The molecule has 0 aromatic carbocycles. The molecule has 6 heteroatoms. The number of nitrogens with two attached hydrogens (primary N) is 1. The Hall–Kier alpha value is -0.430. The maximum atomic E-state index is 12.2. The second-order valence-corrected chi connectivity index (χ2v) is 8.08. The molecule has 1 heterocycles. The maximum Gasteiger partial charge on any atom is 0.241 e. The average Bonchev–Trinajstić information content (AvgIpc) is 2.80. The van der Waals surface area contributed by atoms with E-state index in [0.29, 0.717) is 18.0 Å². The number of hydrogen-bond acceptors (Lipinski definition) is 4. The molecular weight excluding hydrogens is 292 g/mol. The summed E-state index contributed by atoms with van der Waals surface area (Å²) in [7, 11) is -3.37. The Labute approximate surface area is 126 Å². The van der Waals surface area contributed by atoms with E-state index in [-0.39, 0.29) is 0 Å².